The second-order valence-corrected chi connectivity index (χ2v) is 14.0. The third-order valence-corrected chi connectivity index (χ3v) is 9.60. The van der Waals surface area contributed by atoms with Gasteiger partial charge in [-0.1, -0.05) is 118 Å². The van der Waals surface area contributed by atoms with E-state index in [1.165, 1.54) is 83.5 Å². The van der Waals surface area contributed by atoms with E-state index in [0.29, 0.717) is 19.4 Å². The highest BCUT2D eigenvalue weighted by Crippen LogP contribution is 2.25. The first-order chi connectivity index (χ1) is 23.4. The van der Waals surface area contributed by atoms with E-state index < -0.39 is 6.16 Å². The fourth-order valence-electron chi connectivity index (χ4n) is 6.52. The molecule has 0 bridgehead atoms. The number of carbonyl (C=O) groups is 2. The fraction of sp³-hybridized carbons (Fsp3) is 0.950. The summed E-state index contributed by atoms with van der Waals surface area (Å²) in [5.41, 5.74) is 0. The Morgan fingerprint density at radius 3 is 1.92 bits per heavy atom. The molecule has 0 radical (unpaired) electrons. The average Bonchev–Trinajstić information content (AvgIpc) is 3.07. The van der Waals surface area contributed by atoms with E-state index in [9.17, 15) is 9.59 Å². The molecule has 0 aliphatic carbocycles. The summed E-state index contributed by atoms with van der Waals surface area (Å²) in [4.78, 5) is 27.3. The summed E-state index contributed by atoms with van der Waals surface area (Å²) in [6.45, 7) is 14.4. The Kier molecular flexibility index (Phi) is 29.4. The van der Waals surface area contributed by atoms with Gasteiger partial charge in [-0.15, -0.1) is 0 Å². The van der Waals surface area contributed by atoms with Gasteiger partial charge >= 0.3 is 12.1 Å². The van der Waals surface area contributed by atoms with Crippen LogP contribution in [0.2, 0.25) is 0 Å². The van der Waals surface area contributed by atoms with E-state index in [1.54, 1.807) is 0 Å². The molecule has 0 N–H and O–H groups in total. The quantitative estimate of drug-likeness (QED) is 0.0512. The van der Waals surface area contributed by atoms with Gasteiger partial charge in [0.15, 0.2) is 6.29 Å². The highest BCUT2D eigenvalue weighted by molar-refractivity contribution is 5.69. The SMILES string of the molecule is CCCCCCCCCCCCC(CCOC(=O)CCCCC1OC(C)CC(CCCCCCC)O1)OC(=O)OCCCN(CC)CC. The van der Waals surface area contributed by atoms with Gasteiger partial charge in [0.1, 0.15) is 6.10 Å². The summed E-state index contributed by atoms with van der Waals surface area (Å²) in [5, 5.41) is 0. The fourth-order valence-corrected chi connectivity index (χ4v) is 6.52. The lowest BCUT2D eigenvalue weighted by Gasteiger charge is -2.34. The number of hydrogen-bond acceptors (Lipinski definition) is 8. The molecular weight excluding hydrogens is 606 g/mol. The van der Waals surface area contributed by atoms with E-state index in [4.69, 9.17) is 23.7 Å². The van der Waals surface area contributed by atoms with Crippen molar-refractivity contribution in [3.05, 3.63) is 0 Å². The summed E-state index contributed by atoms with van der Waals surface area (Å²) in [5.74, 6) is -0.199. The lowest BCUT2D eigenvalue weighted by atomic mass is 10.0. The van der Waals surface area contributed by atoms with Crippen LogP contribution < -0.4 is 0 Å². The zero-order chi connectivity index (χ0) is 35.1. The molecule has 8 nitrogen and oxygen atoms in total. The van der Waals surface area contributed by atoms with Crippen LogP contribution in [0, 0.1) is 0 Å². The maximum absolute atomic E-state index is 12.5. The molecule has 1 fully saturated rings. The Morgan fingerprint density at radius 2 is 1.27 bits per heavy atom. The van der Waals surface area contributed by atoms with Crippen molar-refractivity contribution in [2.75, 3.05) is 32.8 Å². The van der Waals surface area contributed by atoms with Crippen LogP contribution in [0.1, 0.15) is 189 Å². The predicted octanol–water partition coefficient (Wildman–Crippen LogP) is 10.9. The maximum Gasteiger partial charge on any atom is 0.508 e. The lowest BCUT2D eigenvalue weighted by molar-refractivity contribution is -0.242. The lowest BCUT2D eigenvalue weighted by Crippen LogP contribution is -2.36. The zero-order valence-corrected chi connectivity index (χ0v) is 32.1. The van der Waals surface area contributed by atoms with Crippen molar-refractivity contribution >= 4 is 12.1 Å². The first-order valence-corrected chi connectivity index (χ1v) is 20.4. The highest BCUT2D eigenvalue weighted by Gasteiger charge is 2.27. The van der Waals surface area contributed by atoms with Gasteiger partial charge in [-0.05, 0) is 71.4 Å². The van der Waals surface area contributed by atoms with Crippen molar-refractivity contribution in [1.29, 1.82) is 0 Å². The Hall–Kier alpha value is -1.38. The van der Waals surface area contributed by atoms with E-state index in [2.05, 4.69) is 39.5 Å². The molecular formula is C40H77NO7. The van der Waals surface area contributed by atoms with Gasteiger partial charge in [-0.25, -0.2) is 4.79 Å². The van der Waals surface area contributed by atoms with Crippen molar-refractivity contribution in [2.45, 2.75) is 213 Å². The number of esters is 1. The molecule has 48 heavy (non-hydrogen) atoms. The van der Waals surface area contributed by atoms with Crippen LogP contribution in [-0.2, 0) is 28.5 Å². The Bertz CT molecular complexity index is 747. The molecule has 0 saturated carbocycles. The second-order valence-electron chi connectivity index (χ2n) is 14.0. The standard InChI is InChI=1S/C40H77NO7/c1-6-10-12-14-15-16-17-18-20-21-26-36(48-40(43)45-32-25-31-41(8-3)9-4)30-33-44-38(42)28-23-24-29-39-46-35(5)34-37(47-39)27-22-19-13-11-7-2/h35-37,39H,6-34H2,1-5H3. The van der Waals surface area contributed by atoms with Crippen molar-refractivity contribution in [2.24, 2.45) is 0 Å². The molecule has 1 saturated heterocycles. The summed E-state index contributed by atoms with van der Waals surface area (Å²) in [6.07, 6.45) is 25.3. The second kappa shape index (κ2) is 31.6. The Labute approximate surface area is 296 Å². The molecule has 0 aromatic carbocycles. The molecule has 284 valence electrons. The highest BCUT2D eigenvalue weighted by atomic mass is 16.7. The van der Waals surface area contributed by atoms with Gasteiger partial charge in [0.2, 0.25) is 0 Å². The summed E-state index contributed by atoms with van der Waals surface area (Å²) >= 11 is 0. The van der Waals surface area contributed by atoms with Crippen LogP contribution >= 0.6 is 0 Å². The Balaban J connectivity index is 2.33. The van der Waals surface area contributed by atoms with E-state index in [-0.39, 0.29) is 37.2 Å². The number of nitrogens with zero attached hydrogens (tertiary/aromatic N) is 1. The van der Waals surface area contributed by atoms with Gasteiger partial charge in [0.05, 0.1) is 25.4 Å². The first kappa shape index (κ1) is 44.6. The van der Waals surface area contributed by atoms with Crippen LogP contribution in [0.4, 0.5) is 4.79 Å². The molecule has 0 spiro atoms. The third-order valence-electron chi connectivity index (χ3n) is 9.60. The molecule has 4 unspecified atom stereocenters. The molecule has 1 heterocycles. The topological polar surface area (TPSA) is 83.5 Å². The minimum atomic E-state index is -0.613. The van der Waals surface area contributed by atoms with Crippen LogP contribution in [0.5, 0.6) is 0 Å². The molecule has 4 atom stereocenters. The van der Waals surface area contributed by atoms with Crippen LogP contribution in [-0.4, -0.2) is 74.5 Å². The van der Waals surface area contributed by atoms with Gasteiger partial charge < -0.3 is 28.6 Å². The Morgan fingerprint density at radius 1 is 0.667 bits per heavy atom. The predicted molar refractivity (Wildman–Crippen MR) is 196 cm³/mol. The molecule has 1 aliphatic rings. The largest absolute Gasteiger partial charge is 0.508 e. The van der Waals surface area contributed by atoms with Crippen LogP contribution in [0.3, 0.4) is 0 Å². The van der Waals surface area contributed by atoms with E-state index in [0.717, 1.165) is 77.4 Å². The van der Waals surface area contributed by atoms with Crippen molar-refractivity contribution < 1.29 is 33.3 Å². The summed E-state index contributed by atoms with van der Waals surface area (Å²) < 4.78 is 28.9. The monoisotopic (exact) mass is 684 g/mol. The van der Waals surface area contributed by atoms with Crippen molar-refractivity contribution in [3.8, 4) is 0 Å². The normalized spacial score (nSPS) is 18.6. The number of hydrogen-bond donors (Lipinski definition) is 0. The first-order valence-electron chi connectivity index (χ1n) is 20.4. The van der Waals surface area contributed by atoms with Gasteiger partial charge in [0.25, 0.3) is 0 Å². The van der Waals surface area contributed by atoms with E-state index >= 15 is 0 Å². The molecule has 0 amide bonds. The molecule has 0 aromatic rings. The molecule has 1 aliphatic heterocycles. The number of unbranched alkanes of at least 4 members (excludes halogenated alkanes) is 14. The number of rotatable bonds is 32. The van der Waals surface area contributed by atoms with Gasteiger partial charge in [-0.3, -0.25) is 4.79 Å². The smallest absolute Gasteiger partial charge is 0.466 e. The maximum atomic E-state index is 12.5. The van der Waals surface area contributed by atoms with Crippen molar-refractivity contribution in [1.82, 2.24) is 4.90 Å². The van der Waals surface area contributed by atoms with E-state index in [1.807, 2.05) is 0 Å². The molecule has 8 heteroatoms. The average molecular weight is 684 g/mol. The summed E-state index contributed by atoms with van der Waals surface area (Å²) in [6, 6.07) is 0. The van der Waals surface area contributed by atoms with Gasteiger partial charge in [-0.2, -0.15) is 0 Å². The minimum Gasteiger partial charge on any atom is -0.466 e. The zero-order valence-electron chi connectivity index (χ0n) is 32.1. The molecule has 1 rings (SSSR count). The summed E-state index contributed by atoms with van der Waals surface area (Å²) in [7, 11) is 0. The number of carbonyl (C=O) groups excluding carboxylic acids is 2. The number of ether oxygens (including phenoxy) is 5. The molecule has 0 aromatic heterocycles. The van der Waals surface area contributed by atoms with Crippen LogP contribution in [0.15, 0.2) is 0 Å². The van der Waals surface area contributed by atoms with Gasteiger partial charge in [0, 0.05) is 19.4 Å². The third kappa shape index (κ3) is 25.6. The van der Waals surface area contributed by atoms with Crippen LogP contribution in [0.25, 0.3) is 0 Å². The van der Waals surface area contributed by atoms with Crippen molar-refractivity contribution in [3.63, 3.8) is 0 Å². The minimum absolute atomic E-state index is 0.175.